The molecule has 0 aliphatic carbocycles. The first kappa shape index (κ1) is 20.2. The van der Waals surface area contributed by atoms with Crippen LogP contribution >= 0.6 is 0 Å². The molecule has 4 rings (SSSR count). The Morgan fingerprint density at radius 1 is 1.00 bits per heavy atom. The maximum absolute atomic E-state index is 13.2. The third-order valence-corrected chi connectivity index (χ3v) is 9.03. The molecule has 0 saturated heterocycles. The van der Waals surface area contributed by atoms with Crippen LogP contribution < -0.4 is 5.32 Å². The van der Waals surface area contributed by atoms with E-state index in [0.717, 1.165) is 0 Å². The number of nitrogens with zero attached hydrogens (tertiary/aromatic N) is 1. The fraction of sp³-hybridized carbons (Fsp3) is 0.143. The third-order valence-electron chi connectivity index (χ3n) is 4.94. The second kappa shape index (κ2) is 7.66. The smallest absolute Gasteiger partial charge is 0.251 e. The van der Waals surface area contributed by atoms with E-state index in [1.54, 1.807) is 42.6 Å². The van der Waals surface area contributed by atoms with Gasteiger partial charge in [-0.2, -0.15) is 0 Å². The van der Waals surface area contributed by atoms with Gasteiger partial charge in [-0.25, -0.2) is 16.8 Å². The van der Waals surface area contributed by atoms with Crippen molar-refractivity contribution in [3.8, 4) is 0 Å². The molecule has 0 saturated carbocycles. The van der Waals surface area contributed by atoms with Crippen LogP contribution in [0.3, 0.4) is 0 Å². The SMILES string of the molecule is O=C(NCc1ccccn1)c1cccc2c1C(S(=O)(=O)c1ccccc1)CS2(=O)=O. The van der Waals surface area contributed by atoms with Gasteiger partial charge in [0.15, 0.2) is 19.7 Å². The lowest BCUT2D eigenvalue weighted by molar-refractivity contribution is 0.0949. The molecule has 1 N–H and O–H groups in total. The van der Waals surface area contributed by atoms with E-state index in [1.807, 2.05) is 0 Å². The van der Waals surface area contributed by atoms with Gasteiger partial charge in [0.05, 0.1) is 27.8 Å². The molecule has 9 heteroatoms. The van der Waals surface area contributed by atoms with Crippen LogP contribution in [0.4, 0.5) is 0 Å². The highest BCUT2D eigenvalue weighted by Gasteiger charge is 2.45. The Hall–Kier alpha value is -3.04. The van der Waals surface area contributed by atoms with Crippen molar-refractivity contribution < 1.29 is 21.6 Å². The maximum Gasteiger partial charge on any atom is 0.251 e. The molecule has 3 aromatic rings. The molecule has 0 fully saturated rings. The molecule has 1 unspecified atom stereocenters. The Bertz CT molecular complexity index is 1310. The summed E-state index contributed by atoms with van der Waals surface area (Å²) in [6.45, 7) is 0.131. The predicted molar refractivity (Wildman–Crippen MR) is 110 cm³/mol. The number of amides is 1. The zero-order valence-electron chi connectivity index (χ0n) is 15.7. The molecule has 1 aliphatic rings. The minimum atomic E-state index is -4.02. The van der Waals surface area contributed by atoms with Gasteiger partial charge in [0.25, 0.3) is 5.91 Å². The van der Waals surface area contributed by atoms with Crippen LogP contribution in [-0.2, 0) is 26.2 Å². The van der Waals surface area contributed by atoms with Gasteiger partial charge in [-0.1, -0.05) is 30.3 Å². The number of carbonyl (C=O) groups is 1. The van der Waals surface area contributed by atoms with Crippen LogP contribution in [0.1, 0.15) is 26.9 Å². The zero-order valence-corrected chi connectivity index (χ0v) is 17.4. The lowest BCUT2D eigenvalue weighted by Gasteiger charge is -2.15. The molecule has 2 heterocycles. The highest BCUT2D eigenvalue weighted by molar-refractivity contribution is 7.96. The van der Waals surface area contributed by atoms with Gasteiger partial charge in [-0.3, -0.25) is 9.78 Å². The van der Waals surface area contributed by atoms with Crippen LogP contribution in [0.5, 0.6) is 0 Å². The Labute approximate surface area is 174 Å². The molecule has 30 heavy (non-hydrogen) atoms. The van der Waals surface area contributed by atoms with Crippen molar-refractivity contribution in [2.45, 2.75) is 21.6 Å². The van der Waals surface area contributed by atoms with E-state index in [1.165, 1.54) is 30.3 Å². The number of rotatable bonds is 5. The zero-order chi connectivity index (χ0) is 21.4. The summed E-state index contributed by atoms with van der Waals surface area (Å²) in [5.74, 6) is -1.15. The van der Waals surface area contributed by atoms with Gasteiger partial charge in [0.2, 0.25) is 0 Å². The molecule has 0 spiro atoms. The summed E-state index contributed by atoms with van der Waals surface area (Å²) in [5.41, 5.74) is 0.688. The van der Waals surface area contributed by atoms with Crippen molar-refractivity contribution >= 4 is 25.6 Å². The number of pyridine rings is 1. The first-order chi connectivity index (χ1) is 14.3. The topological polar surface area (TPSA) is 110 Å². The normalized spacial score (nSPS) is 17.3. The van der Waals surface area contributed by atoms with Crippen LogP contribution in [0.2, 0.25) is 0 Å². The maximum atomic E-state index is 13.2. The van der Waals surface area contributed by atoms with Crippen molar-refractivity contribution in [3.05, 3.63) is 89.7 Å². The summed E-state index contributed by atoms with van der Waals surface area (Å²) in [6, 6.07) is 17.2. The number of fused-ring (bicyclic) bond motifs is 1. The summed E-state index contributed by atoms with van der Waals surface area (Å²) in [7, 11) is -7.86. The summed E-state index contributed by atoms with van der Waals surface area (Å²) < 4.78 is 51.8. The quantitative estimate of drug-likeness (QED) is 0.649. The van der Waals surface area contributed by atoms with Gasteiger partial charge in [-0.05, 0) is 36.4 Å². The van der Waals surface area contributed by atoms with Crippen LogP contribution in [0, 0.1) is 0 Å². The Kier molecular flexibility index (Phi) is 5.17. The summed E-state index contributed by atoms with van der Waals surface area (Å²) in [5, 5.41) is 1.34. The lowest BCUT2D eigenvalue weighted by Crippen LogP contribution is -2.26. The summed E-state index contributed by atoms with van der Waals surface area (Å²) >= 11 is 0. The van der Waals surface area contributed by atoms with Gasteiger partial charge in [0, 0.05) is 17.3 Å². The summed E-state index contributed by atoms with van der Waals surface area (Å²) in [6.07, 6.45) is 1.59. The van der Waals surface area contributed by atoms with E-state index in [4.69, 9.17) is 0 Å². The van der Waals surface area contributed by atoms with Gasteiger partial charge in [0.1, 0.15) is 5.25 Å². The second-order valence-corrected chi connectivity index (χ2v) is 11.0. The molecular weight excluding hydrogens is 424 g/mol. The van der Waals surface area contributed by atoms with Gasteiger partial charge < -0.3 is 5.32 Å². The first-order valence-electron chi connectivity index (χ1n) is 9.13. The minimum Gasteiger partial charge on any atom is -0.346 e. The largest absolute Gasteiger partial charge is 0.346 e. The lowest BCUT2D eigenvalue weighted by atomic mass is 10.0. The van der Waals surface area contributed by atoms with Crippen molar-refractivity contribution in [1.82, 2.24) is 10.3 Å². The monoisotopic (exact) mass is 442 g/mol. The molecule has 7 nitrogen and oxygen atoms in total. The van der Waals surface area contributed by atoms with E-state index >= 15 is 0 Å². The molecule has 1 atom stereocenters. The van der Waals surface area contributed by atoms with Crippen molar-refractivity contribution in [2.75, 3.05) is 5.75 Å². The molecule has 1 aliphatic heterocycles. The Morgan fingerprint density at radius 3 is 2.43 bits per heavy atom. The van der Waals surface area contributed by atoms with E-state index in [2.05, 4.69) is 10.3 Å². The Morgan fingerprint density at radius 2 is 1.73 bits per heavy atom. The van der Waals surface area contributed by atoms with Gasteiger partial charge >= 0.3 is 0 Å². The van der Waals surface area contributed by atoms with E-state index in [-0.39, 0.29) is 27.5 Å². The van der Waals surface area contributed by atoms with Crippen LogP contribution in [-0.4, -0.2) is 33.5 Å². The number of benzene rings is 2. The molecule has 0 radical (unpaired) electrons. The Balaban J connectivity index is 1.76. The summed E-state index contributed by atoms with van der Waals surface area (Å²) in [4.78, 5) is 16.9. The molecule has 1 amide bonds. The standard InChI is InChI=1S/C21H18N2O5S2/c24-21(23-13-15-7-4-5-12-22-15)17-10-6-11-18-20(17)19(14-29(18,25)26)30(27,28)16-8-2-1-3-9-16/h1-12,19H,13-14H2,(H,23,24). The molecule has 2 aromatic carbocycles. The number of hydrogen-bond donors (Lipinski definition) is 1. The molecule has 0 bridgehead atoms. The average molecular weight is 443 g/mol. The third kappa shape index (κ3) is 3.61. The molecule has 154 valence electrons. The van der Waals surface area contributed by atoms with Crippen molar-refractivity contribution in [1.29, 1.82) is 0 Å². The fourth-order valence-electron chi connectivity index (χ4n) is 3.51. The second-order valence-electron chi connectivity index (χ2n) is 6.85. The number of carbonyl (C=O) groups excluding carboxylic acids is 1. The fourth-order valence-corrected chi connectivity index (χ4v) is 7.88. The van der Waals surface area contributed by atoms with E-state index in [9.17, 15) is 21.6 Å². The predicted octanol–water partition coefficient (Wildman–Crippen LogP) is 2.31. The van der Waals surface area contributed by atoms with Crippen molar-refractivity contribution in [2.24, 2.45) is 0 Å². The minimum absolute atomic E-state index is 0.0155. The first-order valence-corrected chi connectivity index (χ1v) is 12.3. The molecule has 1 aromatic heterocycles. The van der Waals surface area contributed by atoms with Gasteiger partial charge in [-0.15, -0.1) is 0 Å². The highest BCUT2D eigenvalue weighted by Crippen LogP contribution is 2.42. The number of hydrogen-bond acceptors (Lipinski definition) is 6. The number of nitrogens with one attached hydrogen (secondary N) is 1. The van der Waals surface area contributed by atoms with Crippen molar-refractivity contribution in [3.63, 3.8) is 0 Å². The van der Waals surface area contributed by atoms with E-state index in [0.29, 0.717) is 5.69 Å². The highest BCUT2D eigenvalue weighted by atomic mass is 32.2. The van der Waals surface area contributed by atoms with Crippen LogP contribution in [0.15, 0.2) is 82.7 Å². The van der Waals surface area contributed by atoms with E-state index < -0.39 is 36.6 Å². The van der Waals surface area contributed by atoms with Crippen LogP contribution in [0.25, 0.3) is 0 Å². The molecular formula is C21H18N2O5S2. The number of aromatic nitrogens is 1. The number of sulfone groups is 2. The average Bonchev–Trinajstić information content (AvgIpc) is 3.05.